The molecule has 0 aromatic carbocycles. The van der Waals surface area contributed by atoms with Crippen LogP contribution < -0.4 is 10.6 Å². The van der Waals surface area contributed by atoms with Gasteiger partial charge in [0.15, 0.2) is 0 Å². The zero-order valence-electron chi connectivity index (χ0n) is 10.2. The van der Waals surface area contributed by atoms with E-state index in [4.69, 9.17) is 0 Å². The number of carbonyl (C=O) groups excluding carboxylic acids is 1. The topological polar surface area (TPSA) is 41.1 Å². The predicted molar refractivity (Wildman–Crippen MR) is 68.7 cm³/mol. The highest BCUT2D eigenvalue weighted by atomic mass is 32.2. The lowest BCUT2D eigenvalue weighted by Gasteiger charge is -2.24. The summed E-state index contributed by atoms with van der Waals surface area (Å²) in [6.07, 6.45) is 3.51. The molecule has 0 saturated carbocycles. The Kier molecular flexibility index (Phi) is 3.80. The first-order valence-corrected chi connectivity index (χ1v) is 7.24. The molecule has 2 aliphatic rings. The maximum absolute atomic E-state index is 12.0. The summed E-state index contributed by atoms with van der Waals surface area (Å²) in [6, 6.07) is 0.337. The zero-order chi connectivity index (χ0) is 11.6. The van der Waals surface area contributed by atoms with Gasteiger partial charge in [-0.05, 0) is 45.4 Å². The molecule has 3 nitrogen and oxygen atoms in total. The van der Waals surface area contributed by atoms with E-state index in [0.29, 0.717) is 6.04 Å². The van der Waals surface area contributed by atoms with Crippen LogP contribution in [-0.4, -0.2) is 35.5 Å². The van der Waals surface area contributed by atoms with Crippen LogP contribution in [0, 0.1) is 5.92 Å². The molecule has 4 heteroatoms. The minimum Gasteiger partial charge on any atom is -0.354 e. The van der Waals surface area contributed by atoms with Gasteiger partial charge in [0, 0.05) is 17.3 Å². The van der Waals surface area contributed by atoms with Crippen LogP contribution in [0.2, 0.25) is 0 Å². The highest BCUT2D eigenvalue weighted by molar-refractivity contribution is 8.00. The third kappa shape index (κ3) is 2.72. The fraction of sp³-hybridized carbons (Fsp3) is 0.917. The Labute approximate surface area is 102 Å². The fourth-order valence-electron chi connectivity index (χ4n) is 2.60. The highest BCUT2D eigenvalue weighted by Crippen LogP contribution is 2.37. The summed E-state index contributed by atoms with van der Waals surface area (Å²) < 4.78 is 0.283. The van der Waals surface area contributed by atoms with Crippen molar-refractivity contribution >= 4 is 17.7 Å². The van der Waals surface area contributed by atoms with Crippen molar-refractivity contribution < 1.29 is 4.79 Å². The Hall–Kier alpha value is -0.220. The number of hydrogen-bond donors (Lipinski definition) is 2. The lowest BCUT2D eigenvalue weighted by atomic mass is 10.00. The van der Waals surface area contributed by atoms with Gasteiger partial charge in [-0.15, -0.1) is 0 Å². The van der Waals surface area contributed by atoms with Crippen LogP contribution in [0.3, 0.4) is 0 Å². The van der Waals surface area contributed by atoms with Crippen molar-refractivity contribution in [3.63, 3.8) is 0 Å². The van der Waals surface area contributed by atoms with Crippen molar-refractivity contribution in [3.05, 3.63) is 0 Å². The molecular weight excluding hydrogens is 220 g/mol. The molecule has 0 spiro atoms. The summed E-state index contributed by atoms with van der Waals surface area (Å²) in [5.41, 5.74) is 0. The molecule has 0 aromatic rings. The monoisotopic (exact) mass is 242 g/mol. The van der Waals surface area contributed by atoms with E-state index in [1.165, 1.54) is 18.6 Å². The molecule has 0 bridgehead atoms. The van der Waals surface area contributed by atoms with Gasteiger partial charge in [0.2, 0.25) is 5.91 Å². The van der Waals surface area contributed by atoms with E-state index in [2.05, 4.69) is 24.5 Å². The molecule has 92 valence electrons. The average Bonchev–Trinajstić information content (AvgIpc) is 2.85. The van der Waals surface area contributed by atoms with Gasteiger partial charge in [-0.1, -0.05) is 0 Å². The Bertz CT molecular complexity index is 264. The van der Waals surface area contributed by atoms with Crippen LogP contribution in [0.4, 0.5) is 0 Å². The summed E-state index contributed by atoms with van der Waals surface area (Å²) >= 11 is 2.00. The molecule has 2 fully saturated rings. The first-order chi connectivity index (χ1) is 7.61. The summed E-state index contributed by atoms with van der Waals surface area (Å²) in [5, 5.41) is 6.46. The highest BCUT2D eigenvalue weighted by Gasteiger charge is 2.33. The third-order valence-electron chi connectivity index (χ3n) is 3.80. The van der Waals surface area contributed by atoms with E-state index in [0.717, 1.165) is 19.5 Å². The fourth-order valence-corrected chi connectivity index (χ4v) is 3.84. The van der Waals surface area contributed by atoms with Crippen molar-refractivity contribution in [2.24, 2.45) is 5.92 Å². The number of rotatable bonds is 3. The van der Waals surface area contributed by atoms with Gasteiger partial charge in [-0.25, -0.2) is 0 Å². The second-order valence-corrected chi connectivity index (χ2v) is 6.94. The van der Waals surface area contributed by atoms with Crippen LogP contribution in [0.5, 0.6) is 0 Å². The van der Waals surface area contributed by atoms with E-state index >= 15 is 0 Å². The maximum Gasteiger partial charge on any atom is 0.224 e. The SMILES string of the molecule is CC1NCCC1C(=O)NCC1(C)CCCS1. The third-order valence-corrected chi connectivity index (χ3v) is 5.34. The lowest BCUT2D eigenvalue weighted by molar-refractivity contribution is -0.125. The number of amides is 1. The second kappa shape index (κ2) is 4.96. The first kappa shape index (κ1) is 12.2. The standard InChI is InChI=1S/C12H22N2OS/c1-9-10(4-6-13-9)11(15)14-8-12(2)5-3-7-16-12/h9-10,13H,3-8H2,1-2H3,(H,14,15). The number of thioether (sulfide) groups is 1. The molecule has 3 unspecified atom stereocenters. The van der Waals surface area contributed by atoms with Gasteiger partial charge in [0.1, 0.15) is 0 Å². The van der Waals surface area contributed by atoms with Gasteiger partial charge in [-0.3, -0.25) is 4.79 Å². The van der Waals surface area contributed by atoms with Crippen molar-refractivity contribution in [2.75, 3.05) is 18.8 Å². The van der Waals surface area contributed by atoms with Gasteiger partial charge in [0.05, 0.1) is 5.92 Å². The van der Waals surface area contributed by atoms with E-state index in [-0.39, 0.29) is 16.6 Å². The summed E-state index contributed by atoms with van der Waals surface area (Å²) in [5.74, 6) is 1.66. The molecule has 1 amide bonds. The molecule has 2 N–H and O–H groups in total. The summed E-state index contributed by atoms with van der Waals surface area (Å²) in [6.45, 7) is 6.18. The quantitative estimate of drug-likeness (QED) is 0.786. The zero-order valence-corrected chi connectivity index (χ0v) is 11.0. The molecule has 2 aliphatic heterocycles. The molecule has 0 aromatic heterocycles. The maximum atomic E-state index is 12.0. The van der Waals surface area contributed by atoms with Crippen LogP contribution >= 0.6 is 11.8 Å². The Morgan fingerprint density at radius 1 is 1.62 bits per heavy atom. The molecule has 3 atom stereocenters. The molecule has 0 aliphatic carbocycles. The second-order valence-electron chi connectivity index (χ2n) is 5.26. The van der Waals surface area contributed by atoms with Crippen LogP contribution in [0.25, 0.3) is 0 Å². The lowest BCUT2D eigenvalue weighted by Crippen LogP contribution is -2.42. The first-order valence-electron chi connectivity index (χ1n) is 6.26. The minimum absolute atomic E-state index is 0.176. The van der Waals surface area contributed by atoms with Crippen molar-refractivity contribution in [1.29, 1.82) is 0 Å². The van der Waals surface area contributed by atoms with Crippen molar-refractivity contribution in [3.8, 4) is 0 Å². The summed E-state index contributed by atoms with van der Waals surface area (Å²) in [4.78, 5) is 12.0. The molecule has 2 heterocycles. The van der Waals surface area contributed by atoms with Crippen LogP contribution in [0.1, 0.15) is 33.1 Å². The number of hydrogen-bond acceptors (Lipinski definition) is 3. The normalized spacial score (nSPS) is 38.9. The smallest absolute Gasteiger partial charge is 0.224 e. The van der Waals surface area contributed by atoms with Gasteiger partial charge in [0.25, 0.3) is 0 Å². The van der Waals surface area contributed by atoms with Gasteiger partial charge >= 0.3 is 0 Å². The molecular formula is C12H22N2OS. The molecule has 2 rings (SSSR count). The minimum atomic E-state index is 0.176. The summed E-state index contributed by atoms with van der Waals surface area (Å²) in [7, 11) is 0. The van der Waals surface area contributed by atoms with Crippen molar-refractivity contribution in [2.45, 2.75) is 43.9 Å². The predicted octanol–water partition coefficient (Wildman–Crippen LogP) is 1.39. The number of nitrogens with one attached hydrogen (secondary N) is 2. The molecule has 0 radical (unpaired) electrons. The number of carbonyl (C=O) groups is 1. The van der Waals surface area contributed by atoms with E-state index < -0.39 is 0 Å². The molecule has 2 saturated heterocycles. The average molecular weight is 242 g/mol. The Morgan fingerprint density at radius 3 is 3.00 bits per heavy atom. The largest absolute Gasteiger partial charge is 0.354 e. The molecule has 16 heavy (non-hydrogen) atoms. The Morgan fingerprint density at radius 2 is 2.44 bits per heavy atom. The van der Waals surface area contributed by atoms with E-state index in [1.807, 2.05) is 11.8 Å². The Balaban J connectivity index is 1.79. The van der Waals surface area contributed by atoms with Crippen molar-refractivity contribution in [1.82, 2.24) is 10.6 Å². The van der Waals surface area contributed by atoms with Gasteiger partial charge < -0.3 is 10.6 Å². The van der Waals surface area contributed by atoms with Gasteiger partial charge in [-0.2, -0.15) is 11.8 Å². The van der Waals surface area contributed by atoms with Crippen LogP contribution in [-0.2, 0) is 4.79 Å². The van der Waals surface area contributed by atoms with E-state index in [1.54, 1.807) is 0 Å². The van der Waals surface area contributed by atoms with E-state index in [9.17, 15) is 4.79 Å². The van der Waals surface area contributed by atoms with Crippen LogP contribution in [0.15, 0.2) is 0 Å².